The summed E-state index contributed by atoms with van der Waals surface area (Å²) in [4.78, 5) is 15.1. The highest BCUT2D eigenvalue weighted by molar-refractivity contribution is 5.99. The van der Waals surface area contributed by atoms with Gasteiger partial charge in [-0.1, -0.05) is 24.3 Å². The van der Waals surface area contributed by atoms with Crippen LogP contribution < -0.4 is 0 Å². The zero-order valence-electron chi connectivity index (χ0n) is 14.4. The van der Waals surface area contributed by atoms with Gasteiger partial charge in [0.1, 0.15) is 5.58 Å². The van der Waals surface area contributed by atoms with Crippen LogP contribution in [0.3, 0.4) is 0 Å². The van der Waals surface area contributed by atoms with Gasteiger partial charge in [0.05, 0.1) is 6.04 Å². The smallest absolute Gasteiger partial charge is 0.290 e. The Morgan fingerprint density at radius 3 is 2.88 bits per heavy atom. The maximum Gasteiger partial charge on any atom is 0.290 e. The average Bonchev–Trinajstić information content (AvgIpc) is 3.38. The van der Waals surface area contributed by atoms with Gasteiger partial charge in [-0.3, -0.25) is 9.20 Å². The lowest BCUT2D eigenvalue weighted by Crippen LogP contribution is -2.31. The molecule has 1 aliphatic rings. The number of likely N-dealkylation sites (tertiary alicyclic amines) is 1. The van der Waals surface area contributed by atoms with Crippen molar-refractivity contribution in [2.45, 2.75) is 25.8 Å². The summed E-state index contributed by atoms with van der Waals surface area (Å²) in [6.07, 6.45) is 3.76. The molecule has 6 nitrogen and oxygen atoms in total. The topological polar surface area (TPSA) is 63.6 Å². The number of carbonyl (C=O) groups is 1. The first-order valence-electron chi connectivity index (χ1n) is 8.83. The van der Waals surface area contributed by atoms with Gasteiger partial charge in [0.2, 0.25) is 0 Å². The lowest BCUT2D eigenvalue weighted by molar-refractivity contribution is 0.0698. The quantitative estimate of drug-likeness (QED) is 0.554. The molecule has 0 radical (unpaired) electrons. The van der Waals surface area contributed by atoms with Crippen molar-refractivity contribution >= 4 is 22.5 Å². The third-order valence-electron chi connectivity index (χ3n) is 5.19. The van der Waals surface area contributed by atoms with Crippen LogP contribution in [0.1, 0.15) is 40.8 Å². The molecular weight excluding hydrogens is 328 g/mol. The van der Waals surface area contributed by atoms with Crippen molar-refractivity contribution in [2.24, 2.45) is 0 Å². The van der Waals surface area contributed by atoms with E-state index in [1.54, 1.807) is 0 Å². The Kier molecular flexibility index (Phi) is 3.31. The highest BCUT2D eigenvalue weighted by Gasteiger charge is 2.35. The van der Waals surface area contributed by atoms with E-state index >= 15 is 0 Å². The molecule has 1 aliphatic heterocycles. The van der Waals surface area contributed by atoms with Crippen LogP contribution in [0.4, 0.5) is 0 Å². The minimum absolute atomic E-state index is 0.0751. The van der Waals surface area contributed by atoms with E-state index in [1.165, 1.54) is 0 Å². The van der Waals surface area contributed by atoms with Crippen LogP contribution in [-0.4, -0.2) is 31.9 Å². The summed E-state index contributed by atoms with van der Waals surface area (Å²) in [5.74, 6) is 1.15. The molecule has 1 amide bonds. The fourth-order valence-electron chi connectivity index (χ4n) is 3.87. The summed E-state index contributed by atoms with van der Waals surface area (Å²) < 4.78 is 7.85. The van der Waals surface area contributed by atoms with Gasteiger partial charge in [-0.2, -0.15) is 0 Å². The standard InChI is InChI=1S/C20H18N4O2/c1-13-14-7-2-3-9-16(14)26-18(13)20(25)23-12-6-8-15(23)19-22-21-17-10-4-5-11-24(17)19/h2-5,7,9-11,15H,6,8,12H2,1H3/t15-/m0/s1. The van der Waals surface area contributed by atoms with Crippen LogP contribution in [-0.2, 0) is 0 Å². The zero-order valence-corrected chi connectivity index (χ0v) is 14.4. The van der Waals surface area contributed by atoms with Gasteiger partial charge in [-0.05, 0) is 38.0 Å². The number of para-hydroxylation sites is 1. The molecule has 5 rings (SSSR count). The predicted molar refractivity (Wildman–Crippen MR) is 96.9 cm³/mol. The lowest BCUT2D eigenvalue weighted by Gasteiger charge is -2.22. The number of aryl methyl sites for hydroxylation is 1. The molecule has 0 saturated carbocycles. The molecule has 3 aromatic heterocycles. The monoisotopic (exact) mass is 346 g/mol. The Morgan fingerprint density at radius 1 is 1.15 bits per heavy atom. The van der Waals surface area contributed by atoms with Crippen molar-refractivity contribution in [3.05, 3.63) is 65.8 Å². The first kappa shape index (κ1) is 15.1. The number of furan rings is 1. The first-order valence-corrected chi connectivity index (χ1v) is 8.83. The number of nitrogens with zero attached hydrogens (tertiary/aromatic N) is 4. The van der Waals surface area contributed by atoms with Gasteiger partial charge in [-0.25, -0.2) is 0 Å². The number of hydrogen-bond donors (Lipinski definition) is 0. The number of amides is 1. The summed E-state index contributed by atoms with van der Waals surface area (Å²) >= 11 is 0. The number of pyridine rings is 1. The Hall–Kier alpha value is -3.15. The van der Waals surface area contributed by atoms with Gasteiger partial charge in [0, 0.05) is 23.7 Å². The van der Waals surface area contributed by atoms with Gasteiger partial charge in [0.15, 0.2) is 17.2 Å². The van der Waals surface area contributed by atoms with E-state index in [4.69, 9.17) is 4.42 Å². The summed E-state index contributed by atoms with van der Waals surface area (Å²) in [5, 5.41) is 9.58. The number of fused-ring (bicyclic) bond motifs is 2. The molecule has 4 aromatic rings. The minimum atomic E-state index is -0.0903. The van der Waals surface area contributed by atoms with E-state index in [-0.39, 0.29) is 11.9 Å². The molecule has 0 N–H and O–H groups in total. The van der Waals surface area contributed by atoms with Gasteiger partial charge in [0.25, 0.3) is 5.91 Å². The highest BCUT2D eigenvalue weighted by atomic mass is 16.3. The summed E-state index contributed by atoms with van der Waals surface area (Å²) in [7, 11) is 0. The van der Waals surface area contributed by atoms with Crippen LogP contribution in [0.2, 0.25) is 0 Å². The van der Waals surface area contributed by atoms with E-state index in [2.05, 4.69) is 10.2 Å². The molecule has 6 heteroatoms. The molecule has 26 heavy (non-hydrogen) atoms. The van der Waals surface area contributed by atoms with Crippen molar-refractivity contribution in [1.82, 2.24) is 19.5 Å². The lowest BCUT2D eigenvalue weighted by atomic mass is 10.1. The van der Waals surface area contributed by atoms with E-state index in [1.807, 2.05) is 64.9 Å². The summed E-state index contributed by atoms with van der Waals surface area (Å²) in [6.45, 7) is 2.64. The van der Waals surface area contributed by atoms with Crippen molar-refractivity contribution in [1.29, 1.82) is 0 Å². The van der Waals surface area contributed by atoms with E-state index in [9.17, 15) is 4.79 Å². The molecule has 130 valence electrons. The second-order valence-electron chi connectivity index (χ2n) is 6.70. The molecule has 1 aromatic carbocycles. The van der Waals surface area contributed by atoms with Crippen LogP contribution in [0.25, 0.3) is 16.6 Å². The number of rotatable bonds is 2. The zero-order chi connectivity index (χ0) is 17.7. The van der Waals surface area contributed by atoms with E-state index in [0.717, 1.165) is 40.8 Å². The van der Waals surface area contributed by atoms with Gasteiger partial charge in [-0.15, -0.1) is 10.2 Å². The highest BCUT2D eigenvalue weighted by Crippen LogP contribution is 2.34. The molecule has 4 heterocycles. The van der Waals surface area contributed by atoms with Crippen molar-refractivity contribution in [3.63, 3.8) is 0 Å². The average molecular weight is 346 g/mol. The van der Waals surface area contributed by atoms with E-state index in [0.29, 0.717) is 12.3 Å². The fourth-order valence-corrected chi connectivity index (χ4v) is 3.87. The van der Waals surface area contributed by atoms with Crippen LogP contribution >= 0.6 is 0 Å². The first-order chi connectivity index (χ1) is 12.7. The Labute approximate surface area is 150 Å². The van der Waals surface area contributed by atoms with Gasteiger partial charge < -0.3 is 9.32 Å². The molecular formula is C20H18N4O2. The molecule has 0 spiro atoms. The Bertz CT molecular complexity index is 1130. The second-order valence-corrected chi connectivity index (χ2v) is 6.70. The Balaban J connectivity index is 1.56. The van der Waals surface area contributed by atoms with Crippen LogP contribution in [0, 0.1) is 6.92 Å². The maximum absolute atomic E-state index is 13.3. The molecule has 1 fully saturated rings. The fraction of sp³-hybridized carbons (Fsp3) is 0.250. The van der Waals surface area contributed by atoms with Crippen molar-refractivity contribution in [3.8, 4) is 0 Å². The number of aromatic nitrogens is 3. The molecule has 0 unspecified atom stereocenters. The third-order valence-corrected chi connectivity index (χ3v) is 5.19. The number of hydrogen-bond acceptors (Lipinski definition) is 4. The summed E-state index contributed by atoms with van der Waals surface area (Å²) in [6, 6.07) is 13.5. The van der Waals surface area contributed by atoms with Crippen molar-refractivity contribution in [2.75, 3.05) is 6.54 Å². The SMILES string of the molecule is Cc1c(C(=O)N2CCC[C@H]2c2nnc3ccccn23)oc2ccccc12. The van der Waals surface area contributed by atoms with Crippen molar-refractivity contribution < 1.29 is 9.21 Å². The third kappa shape index (κ3) is 2.15. The van der Waals surface area contributed by atoms with Crippen LogP contribution in [0.5, 0.6) is 0 Å². The Morgan fingerprint density at radius 2 is 2.00 bits per heavy atom. The van der Waals surface area contributed by atoms with Crippen LogP contribution in [0.15, 0.2) is 53.1 Å². The minimum Gasteiger partial charge on any atom is -0.451 e. The van der Waals surface area contributed by atoms with Gasteiger partial charge >= 0.3 is 0 Å². The summed E-state index contributed by atoms with van der Waals surface area (Å²) in [5.41, 5.74) is 2.43. The second kappa shape index (κ2) is 5.69. The van der Waals surface area contributed by atoms with E-state index < -0.39 is 0 Å². The number of benzene rings is 1. The maximum atomic E-state index is 13.3. The molecule has 0 bridgehead atoms. The molecule has 1 atom stereocenters. The largest absolute Gasteiger partial charge is 0.451 e. The molecule has 0 aliphatic carbocycles. The predicted octanol–water partition coefficient (Wildman–Crippen LogP) is 3.76. The number of carbonyl (C=O) groups excluding carboxylic acids is 1. The molecule has 1 saturated heterocycles. The normalized spacial score (nSPS) is 17.4.